The molecule has 1 aromatic carbocycles. The van der Waals surface area contributed by atoms with Gasteiger partial charge < -0.3 is 20.3 Å². The van der Waals surface area contributed by atoms with Crippen LogP contribution in [-0.2, 0) is 11.2 Å². The van der Waals surface area contributed by atoms with Crippen LogP contribution >= 0.6 is 15.9 Å². The maximum atomic E-state index is 11.1. The van der Waals surface area contributed by atoms with Crippen molar-refractivity contribution in [3.05, 3.63) is 21.7 Å². The van der Waals surface area contributed by atoms with Gasteiger partial charge in [0.15, 0.2) is 11.5 Å². The number of nitrogens with two attached hydrogens (primary N) is 1. The Morgan fingerprint density at radius 3 is 2.68 bits per heavy atom. The summed E-state index contributed by atoms with van der Waals surface area (Å²) in [6.45, 7) is 3.08. The summed E-state index contributed by atoms with van der Waals surface area (Å²) in [5.41, 5.74) is 7.10. The van der Waals surface area contributed by atoms with E-state index in [0.29, 0.717) is 41.2 Å². The summed E-state index contributed by atoms with van der Waals surface area (Å²) < 4.78 is 12.0. The first-order valence-corrected chi connectivity index (χ1v) is 6.94. The topological polar surface area (TPSA) is 81.8 Å². The average Bonchev–Trinajstić information content (AvgIpc) is 2.63. The van der Waals surface area contributed by atoms with Crippen molar-refractivity contribution in [1.82, 2.24) is 0 Å². The van der Waals surface area contributed by atoms with Crippen molar-refractivity contribution < 1.29 is 19.4 Å². The Morgan fingerprint density at radius 1 is 1.47 bits per heavy atom. The summed E-state index contributed by atoms with van der Waals surface area (Å²) in [4.78, 5) is 11.1. The molecule has 0 aromatic heterocycles. The van der Waals surface area contributed by atoms with Crippen molar-refractivity contribution in [2.24, 2.45) is 5.73 Å². The fraction of sp³-hybridized carbons (Fsp3) is 0.462. The van der Waals surface area contributed by atoms with Crippen LogP contribution in [0.2, 0.25) is 0 Å². The lowest BCUT2D eigenvalue weighted by atomic mass is 9.97. The van der Waals surface area contributed by atoms with Crippen LogP contribution < -0.4 is 15.2 Å². The van der Waals surface area contributed by atoms with Crippen LogP contribution in [0.15, 0.2) is 10.5 Å². The van der Waals surface area contributed by atoms with Crippen LogP contribution in [0.4, 0.5) is 0 Å². The smallest absolute Gasteiger partial charge is 0.325 e. The fourth-order valence-electron chi connectivity index (χ4n) is 2.14. The molecule has 0 bridgehead atoms. The second-order valence-electron chi connectivity index (χ2n) is 4.30. The fourth-order valence-corrected chi connectivity index (χ4v) is 2.68. The van der Waals surface area contributed by atoms with E-state index in [2.05, 4.69) is 15.9 Å². The molecule has 0 spiro atoms. The molecule has 0 saturated heterocycles. The van der Waals surface area contributed by atoms with Crippen molar-refractivity contribution in [2.75, 3.05) is 13.2 Å². The van der Waals surface area contributed by atoms with Crippen molar-refractivity contribution in [1.29, 1.82) is 0 Å². The zero-order valence-electron chi connectivity index (χ0n) is 10.6. The minimum absolute atomic E-state index is 0.554. The highest BCUT2D eigenvalue weighted by Crippen LogP contribution is 2.43. The first kappa shape index (κ1) is 14.1. The first-order chi connectivity index (χ1) is 9.06. The number of rotatable bonds is 3. The van der Waals surface area contributed by atoms with Gasteiger partial charge in [-0.2, -0.15) is 0 Å². The van der Waals surface area contributed by atoms with Gasteiger partial charge in [-0.15, -0.1) is 0 Å². The van der Waals surface area contributed by atoms with Crippen molar-refractivity contribution >= 4 is 21.9 Å². The number of ether oxygens (including phenoxy) is 2. The number of aliphatic carboxylic acids is 1. The van der Waals surface area contributed by atoms with E-state index < -0.39 is 12.0 Å². The lowest BCUT2D eigenvalue weighted by Gasteiger charge is -2.19. The van der Waals surface area contributed by atoms with Gasteiger partial charge in [0.2, 0.25) is 0 Å². The molecule has 1 aromatic rings. The number of carboxylic acid groups (broad SMARTS) is 1. The van der Waals surface area contributed by atoms with E-state index in [-0.39, 0.29) is 0 Å². The molecule has 1 aliphatic heterocycles. The Morgan fingerprint density at radius 2 is 2.11 bits per heavy atom. The molecule has 104 valence electrons. The summed E-state index contributed by atoms with van der Waals surface area (Å²) in [7, 11) is 0. The monoisotopic (exact) mass is 329 g/mol. The minimum atomic E-state index is -1.07. The molecule has 5 nitrogen and oxygen atoms in total. The number of hydrogen-bond acceptors (Lipinski definition) is 4. The molecule has 0 radical (unpaired) electrons. The first-order valence-electron chi connectivity index (χ1n) is 6.15. The van der Waals surface area contributed by atoms with Gasteiger partial charge >= 0.3 is 5.97 Å². The normalized spacial score (nSPS) is 15.7. The van der Waals surface area contributed by atoms with Gasteiger partial charge in [0.1, 0.15) is 6.04 Å². The van der Waals surface area contributed by atoms with Crippen LogP contribution in [-0.4, -0.2) is 24.3 Å². The Hall–Kier alpha value is -1.27. The number of hydrogen-bond donors (Lipinski definition) is 2. The second kappa shape index (κ2) is 5.79. The van der Waals surface area contributed by atoms with Gasteiger partial charge in [-0.25, -0.2) is 0 Å². The molecule has 2 rings (SSSR count). The molecule has 0 fully saturated rings. The van der Waals surface area contributed by atoms with E-state index in [1.807, 2.05) is 6.92 Å². The van der Waals surface area contributed by atoms with Gasteiger partial charge in [0.05, 0.1) is 17.7 Å². The molecule has 3 N–H and O–H groups in total. The van der Waals surface area contributed by atoms with E-state index in [1.165, 1.54) is 0 Å². The minimum Gasteiger partial charge on any atom is -0.489 e. The quantitative estimate of drug-likeness (QED) is 0.888. The van der Waals surface area contributed by atoms with Gasteiger partial charge in [0, 0.05) is 12.0 Å². The predicted octanol–water partition coefficient (Wildman–Crippen LogP) is 2.26. The Labute approximate surface area is 119 Å². The molecule has 1 unspecified atom stereocenters. The molecule has 6 heteroatoms. The van der Waals surface area contributed by atoms with Crippen LogP contribution in [0.3, 0.4) is 0 Å². The van der Waals surface area contributed by atoms with Crippen molar-refractivity contribution in [3.8, 4) is 11.5 Å². The SMILES string of the molecule is CCc1c(C(N)C(=O)O)cc(Br)c2c1OCCCO2. The zero-order valence-corrected chi connectivity index (χ0v) is 12.2. The highest BCUT2D eigenvalue weighted by atomic mass is 79.9. The van der Waals surface area contributed by atoms with Crippen LogP contribution in [0.5, 0.6) is 11.5 Å². The molecular formula is C13H16BrNO4. The maximum absolute atomic E-state index is 11.1. The Bertz CT molecular complexity index is 504. The van der Waals surface area contributed by atoms with Crippen LogP contribution in [0.1, 0.15) is 30.5 Å². The largest absolute Gasteiger partial charge is 0.489 e. The second-order valence-corrected chi connectivity index (χ2v) is 5.16. The Kier molecular flexibility index (Phi) is 4.31. The summed E-state index contributed by atoms with van der Waals surface area (Å²) in [6, 6.07) is 0.647. The number of halogens is 1. The van der Waals surface area contributed by atoms with Gasteiger partial charge in [0.25, 0.3) is 0 Å². The molecule has 0 saturated carbocycles. The molecule has 0 amide bonds. The third kappa shape index (κ3) is 2.69. The third-order valence-corrected chi connectivity index (χ3v) is 3.65. The number of carboxylic acids is 1. The number of benzene rings is 1. The van der Waals surface area contributed by atoms with E-state index in [4.69, 9.17) is 20.3 Å². The summed E-state index contributed by atoms with van der Waals surface area (Å²) in [5, 5.41) is 9.09. The molecule has 0 aliphatic carbocycles. The zero-order chi connectivity index (χ0) is 14.0. The molecule has 1 atom stereocenters. The van der Waals surface area contributed by atoms with E-state index >= 15 is 0 Å². The molecule has 1 heterocycles. The van der Waals surface area contributed by atoms with Crippen molar-refractivity contribution in [2.45, 2.75) is 25.8 Å². The highest BCUT2D eigenvalue weighted by molar-refractivity contribution is 9.10. The number of carbonyl (C=O) groups is 1. The summed E-state index contributed by atoms with van der Waals surface area (Å²) >= 11 is 3.39. The summed E-state index contributed by atoms with van der Waals surface area (Å²) in [6.07, 6.45) is 1.43. The van der Waals surface area contributed by atoms with Gasteiger partial charge in [-0.3, -0.25) is 4.79 Å². The third-order valence-electron chi connectivity index (χ3n) is 3.06. The maximum Gasteiger partial charge on any atom is 0.325 e. The van der Waals surface area contributed by atoms with Gasteiger partial charge in [-0.1, -0.05) is 6.92 Å². The van der Waals surface area contributed by atoms with E-state index in [0.717, 1.165) is 12.0 Å². The van der Waals surface area contributed by atoms with E-state index in [1.54, 1.807) is 6.07 Å². The van der Waals surface area contributed by atoms with Crippen molar-refractivity contribution in [3.63, 3.8) is 0 Å². The van der Waals surface area contributed by atoms with E-state index in [9.17, 15) is 4.79 Å². The van der Waals surface area contributed by atoms with Gasteiger partial charge in [-0.05, 0) is 34.0 Å². The Balaban J connectivity index is 2.60. The van der Waals surface area contributed by atoms with Crippen LogP contribution in [0.25, 0.3) is 0 Å². The summed E-state index contributed by atoms with van der Waals surface area (Å²) in [5.74, 6) is 0.188. The predicted molar refractivity (Wildman–Crippen MR) is 73.7 cm³/mol. The standard InChI is InChI=1S/C13H16BrNO4/c1-2-7-8(10(15)13(16)17)6-9(14)12-11(7)18-4-3-5-19-12/h6,10H,2-5,15H2,1H3,(H,16,17). The highest BCUT2D eigenvalue weighted by Gasteiger charge is 2.26. The average molecular weight is 330 g/mol. The molecular weight excluding hydrogens is 314 g/mol. The molecule has 19 heavy (non-hydrogen) atoms. The van der Waals surface area contributed by atoms with Crippen LogP contribution in [0, 0.1) is 0 Å². The molecule has 1 aliphatic rings. The lowest BCUT2D eigenvalue weighted by molar-refractivity contribution is -0.138. The lowest BCUT2D eigenvalue weighted by Crippen LogP contribution is -2.22. The number of fused-ring (bicyclic) bond motifs is 1.